The van der Waals surface area contributed by atoms with Crippen molar-refractivity contribution in [3.05, 3.63) is 59.7 Å². The second-order valence-electron chi connectivity index (χ2n) is 9.01. The van der Waals surface area contributed by atoms with Gasteiger partial charge < -0.3 is 14.8 Å². The quantitative estimate of drug-likeness (QED) is 0.425. The Hall–Kier alpha value is -3.26. The molecule has 1 aliphatic heterocycles. The average Bonchev–Trinajstić information content (AvgIpc) is 3.50. The third-order valence-corrected chi connectivity index (χ3v) is 7.77. The van der Waals surface area contributed by atoms with E-state index in [-0.39, 0.29) is 17.2 Å². The van der Waals surface area contributed by atoms with Crippen molar-refractivity contribution in [2.24, 2.45) is 0 Å². The number of nitrogens with zero attached hydrogens (tertiary/aromatic N) is 3. The number of aryl methyl sites for hydroxylation is 1. The van der Waals surface area contributed by atoms with Gasteiger partial charge in [0, 0.05) is 5.39 Å². The van der Waals surface area contributed by atoms with Gasteiger partial charge in [-0.05, 0) is 55.2 Å². The maximum atomic E-state index is 13.2. The van der Waals surface area contributed by atoms with Gasteiger partial charge in [-0.15, -0.1) is 10.2 Å². The van der Waals surface area contributed by atoms with E-state index in [0.29, 0.717) is 13.2 Å². The number of fused-ring (bicyclic) bond motifs is 4. The molecule has 0 saturated heterocycles. The van der Waals surface area contributed by atoms with Crippen LogP contribution in [0.25, 0.3) is 16.6 Å². The lowest BCUT2D eigenvalue weighted by molar-refractivity contribution is -0.120. The van der Waals surface area contributed by atoms with E-state index in [2.05, 4.69) is 40.6 Å². The Morgan fingerprint density at radius 1 is 1.06 bits per heavy atom. The lowest BCUT2D eigenvalue weighted by atomic mass is 9.87. The molecule has 1 aliphatic carbocycles. The second-order valence-corrected chi connectivity index (χ2v) is 9.95. The monoisotopic (exact) mass is 474 g/mol. The fourth-order valence-corrected chi connectivity index (χ4v) is 5.96. The summed E-state index contributed by atoms with van der Waals surface area (Å²) in [5.41, 5.74) is 3.72. The van der Waals surface area contributed by atoms with Crippen LogP contribution in [-0.2, 0) is 10.3 Å². The first-order valence-corrected chi connectivity index (χ1v) is 12.7. The summed E-state index contributed by atoms with van der Waals surface area (Å²) in [7, 11) is 0. The van der Waals surface area contributed by atoms with Crippen molar-refractivity contribution in [3.63, 3.8) is 0 Å². The van der Waals surface area contributed by atoms with Crippen LogP contribution in [0.5, 0.6) is 11.5 Å². The standard InChI is InChI=1S/C26H26N4O3S/c1-17-14-23-28-29-25(30(23)20-7-3-2-6-19(17)20)34-16-24(31)27-26(10-4-5-11-26)18-8-9-21-22(15-18)33-13-12-32-21/h2-3,6-9,14-15H,4-5,10-13,16H2,1H3,(H,27,31). The van der Waals surface area contributed by atoms with Gasteiger partial charge in [0.2, 0.25) is 5.91 Å². The van der Waals surface area contributed by atoms with Gasteiger partial charge in [-0.25, -0.2) is 0 Å². The number of carbonyl (C=O) groups excluding carboxylic acids is 1. The molecule has 174 valence electrons. The Bertz CT molecular complexity index is 1390. The van der Waals surface area contributed by atoms with E-state index in [4.69, 9.17) is 9.47 Å². The second kappa shape index (κ2) is 8.51. The molecule has 2 aromatic heterocycles. The van der Waals surface area contributed by atoms with Gasteiger partial charge in [0.25, 0.3) is 0 Å². The molecule has 0 bridgehead atoms. The zero-order valence-electron chi connectivity index (χ0n) is 19.0. The number of para-hydroxylation sites is 1. The Kier molecular flexibility index (Phi) is 5.32. The molecule has 1 N–H and O–H groups in total. The van der Waals surface area contributed by atoms with Crippen LogP contribution in [0, 0.1) is 6.92 Å². The molecule has 3 heterocycles. The Balaban J connectivity index is 1.23. The summed E-state index contributed by atoms with van der Waals surface area (Å²) in [5, 5.41) is 14.0. The highest BCUT2D eigenvalue weighted by molar-refractivity contribution is 7.99. The van der Waals surface area contributed by atoms with Gasteiger partial charge in [-0.1, -0.05) is 48.9 Å². The van der Waals surface area contributed by atoms with Crippen LogP contribution in [0.2, 0.25) is 0 Å². The number of benzene rings is 2. The van der Waals surface area contributed by atoms with E-state index in [1.807, 2.05) is 34.7 Å². The van der Waals surface area contributed by atoms with Crippen molar-refractivity contribution in [3.8, 4) is 11.5 Å². The molecular weight excluding hydrogens is 448 g/mol. The van der Waals surface area contributed by atoms with Crippen LogP contribution in [0.15, 0.2) is 53.7 Å². The van der Waals surface area contributed by atoms with Crippen LogP contribution >= 0.6 is 11.8 Å². The number of rotatable bonds is 5. The molecule has 0 radical (unpaired) electrons. The highest BCUT2D eigenvalue weighted by Gasteiger charge is 2.38. The fourth-order valence-electron chi connectivity index (χ4n) is 5.21. The first kappa shape index (κ1) is 21.3. The van der Waals surface area contributed by atoms with E-state index < -0.39 is 0 Å². The van der Waals surface area contributed by atoms with Gasteiger partial charge in [0.15, 0.2) is 22.3 Å². The van der Waals surface area contributed by atoms with Gasteiger partial charge >= 0.3 is 0 Å². The molecule has 8 heteroatoms. The molecule has 1 saturated carbocycles. The van der Waals surface area contributed by atoms with Crippen molar-refractivity contribution in [2.75, 3.05) is 19.0 Å². The Labute approximate surface area is 201 Å². The lowest BCUT2D eigenvalue weighted by Gasteiger charge is -2.32. The number of thioether (sulfide) groups is 1. The zero-order valence-corrected chi connectivity index (χ0v) is 19.9. The van der Waals surface area contributed by atoms with Gasteiger partial charge in [0.1, 0.15) is 13.2 Å². The minimum Gasteiger partial charge on any atom is -0.486 e. The minimum atomic E-state index is -0.371. The van der Waals surface area contributed by atoms with Crippen molar-refractivity contribution in [1.82, 2.24) is 19.9 Å². The number of ether oxygens (including phenoxy) is 2. The largest absolute Gasteiger partial charge is 0.486 e. The molecule has 1 amide bonds. The fraction of sp³-hybridized carbons (Fsp3) is 0.346. The molecule has 0 atom stereocenters. The number of pyridine rings is 1. The molecule has 1 fully saturated rings. The van der Waals surface area contributed by atoms with E-state index in [9.17, 15) is 4.79 Å². The third-order valence-electron chi connectivity index (χ3n) is 6.84. The lowest BCUT2D eigenvalue weighted by Crippen LogP contribution is -2.44. The van der Waals surface area contributed by atoms with Gasteiger partial charge in [-0.3, -0.25) is 9.20 Å². The Morgan fingerprint density at radius 3 is 2.71 bits per heavy atom. The predicted octanol–water partition coefficient (Wildman–Crippen LogP) is 4.64. The predicted molar refractivity (Wildman–Crippen MR) is 132 cm³/mol. The summed E-state index contributed by atoms with van der Waals surface area (Å²) in [4.78, 5) is 13.2. The van der Waals surface area contributed by atoms with Crippen LogP contribution in [0.3, 0.4) is 0 Å². The topological polar surface area (TPSA) is 77.8 Å². The number of nitrogens with one attached hydrogen (secondary N) is 1. The van der Waals surface area contributed by atoms with Crippen LogP contribution < -0.4 is 14.8 Å². The van der Waals surface area contributed by atoms with E-state index in [1.165, 1.54) is 11.8 Å². The van der Waals surface area contributed by atoms with Crippen LogP contribution in [0.4, 0.5) is 0 Å². The summed E-state index contributed by atoms with van der Waals surface area (Å²) in [6.45, 7) is 3.20. The van der Waals surface area contributed by atoms with Crippen molar-refractivity contribution in [2.45, 2.75) is 43.3 Å². The highest BCUT2D eigenvalue weighted by atomic mass is 32.2. The first-order chi connectivity index (χ1) is 16.6. The van der Waals surface area contributed by atoms with Crippen LogP contribution in [-0.4, -0.2) is 39.5 Å². The van der Waals surface area contributed by atoms with Gasteiger partial charge in [0.05, 0.1) is 16.8 Å². The van der Waals surface area contributed by atoms with Crippen molar-refractivity contribution >= 4 is 34.2 Å². The normalized spacial score (nSPS) is 16.7. The maximum Gasteiger partial charge on any atom is 0.231 e. The third kappa shape index (κ3) is 3.66. The molecule has 34 heavy (non-hydrogen) atoms. The van der Waals surface area contributed by atoms with E-state index in [1.54, 1.807) is 0 Å². The number of aromatic nitrogens is 3. The van der Waals surface area contributed by atoms with E-state index in [0.717, 1.165) is 70.0 Å². The number of hydrogen-bond acceptors (Lipinski definition) is 6. The Morgan fingerprint density at radius 2 is 1.85 bits per heavy atom. The average molecular weight is 475 g/mol. The summed E-state index contributed by atoms with van der Waals surface area (Å²) in [6, 6.07) is 16.3. The van der Waals surface area contributed by atoms with Crippen LogP contribution in [0.1, 0.15) is 36.8 Å². The molecule has 6 rings (SSSR count). The number of amides is 1. The number of hydrogen-bond donors (Lipinski definition) is 1. The summed E-state index contributed by atoms with van der Waals surface area (Å²) < 4.78 is 13.5. The maximum absolute atomic E-state index is 13.2. The number of carbonyl (C=O) groups is 1. The van der Waals surface area contributed by atoms with Crippen molar-refractivity contribution < 1.29 is 14.3 Å². The molecule has 2 aliphatic rings. The molecule has 0 spiro atoms. The highest BCUT2D eigenvalue weighted by Crippen LogP contribution is 2.42. The molecule has 4 aromatic rings. The van der Waals surface area contributed by atoms with Crippen molar-refractivity contribution in [1.29, 1.82) is 0 Å². The van der Waals surface area contributed by atoms with E-state index >= 15 is 0 Å². The molecule has 2 aromatic carbocycles. The summed E-state index contributed by atoms with van der Waals surface area (Å²) in [5.74, 6) is 1.80. The first-order valence-electron chi connectivity index (χ1n) is 11.7. The zero-order chi connectivity index (χ0) is 23.1. The molecule has 0 unspecified atom stereocenters. The smallest absolute Gasteiger partial charge is 0.231 e. The molecule has 7 nitrogen and oxygen atoms in total. The van der Waals surface area contributed by atoms with Gasteiger partial charge in [-0.2, -0.15) is 0 Å². The molecular formula is C26H26N4O3S. The SMILES string of the molecule is Cc1cc2nnc(SCC(=O)NC3(c4ccc5c(c4)OCCO5)CCCC3)n2c2ccccc12. The summed E-state index contributed by atoms with van der Waals surface area (Å²) in [6.07, 6.45) is 4.01. The minimum absolute atomic E-state index is 0.00467. The summed E-state index contributed by atoms with van der Waals surface area (Å²) >= 11 is 1.42.